The molecule has 1 fully saturated rings. The summed E-state index contributed by atoms with van der Waals surface area (Å²) < 4.78 is 23.0. The van der Waals surface area contributed by atoms with Gasteiger partial charge in [-0.05, 0) is 127 Å². The van der Waals surface area contributed by atoms with Gasteiger partial charge in [-0.25, -0.2) is 0 Å². The maximum absolute atomic E-state index is 13.6. The smallest absolute Gasteiger partial charge is 0.320 e. The van der Waals surface area contributed by atoms with Crippen LogP contribution in [-0.4, -0.2) is 162 Å². The second kappa shape index (κ2) is 23.5. The number of nitrogens with zero attached hydrogens (tertiary/aromatic N) is 4. The number of carbonyl (C=O) groups is 5. The van der Waals surface area contributed by atoms with Gasteiger partial charge in [-0.15, -0.1) is 0 Å². The lowest BCUT2D eigenvalue weighted by Crippen LogP contribution is -2.54. The van der Waals surface area contributed by atoms with Gasteiger partial charge in [0, 0.05) is 57.5 Å². The molecule has 0 saturated carbocycles. The fraction of sp³-hybridized carbons (Fsp3) is 0.750. The van der Waals surface area contributed by atoms with E-state index in [1.165, 1.54) is 0 Å². The van der Waals surface area contributed by atoms with Crippen molar-refractivity contribution in [3.05, 3.63) is 29.8 Å². The number of nitrogens with two attached hydrogens (primary N) is 2. The molecule has 0 spiro atoms. The summed E-state index contributed by atoms with van der Waals surface area (Å²) in [6.07, 6.45) is 1.56. The highest BCUT2D eigenvalue weighted by molar-refractivity contribution is 5.94. The Morgan fingerprint density at radius 1 is 0.617 bits per heavy atom. The summed E-state index contributed by atoms with van der Waals surface area (Å²) in [5.74, 6) is -1.89. The third-order valence-electron chi connectivity index (χ3n) is 8.97. The van der Waals surface area contributed by atoms with Crippen LogP contribution in [0.25, 0.3) is 0 Å². The van der Waals surface area contributed by atoms with E-state index in [1.807, 2.05) is 127 Å². The Hall–Kier alpha value is -3.67. The minimum atomic E-state index is -0.727. The molecule has 1 aromatic rings. The SMILES string of the molecule is CC(C)(C)OC(=O)CN1CCN(CC(=O)OC(C)(C)C)CCN(CC(=O)OC(C)(C)C)C(Cc2ccc(NC(=O)[C@@H](N)CCCN)cc2)CN(CC(=O)OC(C)(C)C)CC1. The summed E-state index contributed by atoms with van der Waals surface area (Å²) in [5.41, 5.74) is 10.4. The van der Waals surface area contributed by atoms with Gasteiger partial charge in [-0.2, -0.15) is 0 Å². The second-order valence-corrected chi connectivity index (χ2v) is 19.7. The van der Waals surface area contributed by atoms with Crippen LogP contribution >= 0.6 is 0 Å². The number of benzene rings is 1. The van der Waals surface area contributed by atoms with Crippen LogP contribution in [0.1, 0.15) is 101 Å². The van der Waals surface area contributed by atoms with Crippen molar-refractivity contribution >= 4 is 35.5 Å². The maximum Gasteiger partial charge on any atom is 0.320 e. The monoisotopic (exact) mass is 848 g/mol. The normalized spacial score (nSPS) is 18.1. The molecule has 0 radical (unpaired) electrons. The Morgan fingerprint density at radius 2 is 1.00 bits per heavy atom. The second-order valence-electron chi connectivity index (χ2n) is 19.7. The molecule has 0 aliphatic carbocycles. The number of amides is 1. The van der Waals surface area contributed by atoms with Crippen LogP contribution in [-0.2, 0) is 49.3 Å². The largest absolute Gasteiger partial charge is 0.459 e. The van der Waals surface area contributed by atoms with E-state index in [0.717, 1.165) is 5.56 Å². The highest BCUT2D eigenvalue weighted by Gasteiger charge is 2.31. The fourth-order valence-electron chi connectivity index (χ4n) is 6.52. The zero-order chi connectivity index (χ0) is 45.5. The Kier molecular flexibility index (Phi) is 20.6. The molecule has 60 heavy (non-hydrogen) atoms. The molecule has 1 aromatic carbocycles. The lowest BCUT2D eigenvalue weighted by Gasteiger charge is -2.39. The third-order valence-corrected chi connectivity index (χ3v) is 8.97. The van der Waals surface area contributed by atoms with Crippen molar-refractivity contribution in [3.8, 4) is 0 Å². The average Bonchev–Trinajstić information content (AvgIpc) is 3.06. The van der Waals surface area contributed by atoms with E-state index in [0.29, 0.717) is 77.3 Å². The number of hydrogen-bond donors (Lipinski definition) is 3. The van der Waals surface area contributed by atoms with E-state index < -0.39 is 40.4 Å². The summed E-state index contributed by atoms with van der Waals surface area (Å²) in [6, 6.07) is 6.42. The Bertz CT molecular complexity index is 1530. The van der Waals surface area contributed by atoms with E-state index in [9.17, 15) is 24.0 Å². The van der Waals surface area contributed by atoms with E-state index in [2.05, 4.69) is 5.32 Å². The van der Waals surface area contributed by atoms with Gasteiger partial charge >= 0.3 is 23.9 Å². The molecule has 1 aliphatic heterocycles. The Morgan fingerprint density at radius 3 is 1.42 bits per heavy atom. The highest BCUT2D eigenvalue weighted by Crippen LogP contribution is 2.19. The van der Waals surface area contributed by atoms with E-state index in [4.69, 9.17) is 30.4 Å². The molecule has 0 bridgehead atoms. The van der Waals surface area contributed by atoms with Gasteiger partial charge < -0.3 is 35.7 Å². The first kappa shape index (κ1) is 52.5. The summed E-state index contributed by atoms with van der Waals surface area (Å²) in [7, 11) is 0. The van der Waals surface area contributed by atoms with Crippen LogP contribution in [0.5, 0.6) is 0 Å². The number of hydrogen-bond acceptors (Lipinski definition) is 15. The van der Waals surface area contributed by atoms with Crippen LogP contribution in [0.15, 0.2) is 24.3 Å². The molecule has 1 saturated heterocycles. The quantitative estimate of drug-likeness (QED) is 0.172. The van der Waals surface area contributed by atoms with Gasteiger partial charge in [0.1, 0.15) is 22.4 Å². The van der Waals surface area contributed by atoms with E-state index in [-0.39, 0.29) is 50.1 Å². The van der Waals surface area contributed by atoms with Crippen molar-refractivity contribution in [1.82, 2.24) is 19.6 Å². The molecule has 1 heterocycles. The molecule has 5 N–H and O–H groups in total. The van der Waals surface area contributed by atoms with Gasteiger partial charge in [-0.3, -0.25) is 43.6 Å². The van der Waals surface area contributed by atoms with Crippen LogP contribution in [0.4, 0.5) is 5.69 Å². The molecule has 0 aromatic heterocycles. The first-order valence-corrected chi connectivity index (χ1v) is 21.2. The first-order valence-electron chi connectivity index (χ1n) is 21.2. The minimum Gasteiger partial charge on any atom is -0.459 e. The number of ether oxygens (including phenoxy) is 4. The highest BCUT2D eigenvalue weighted by atomic mass is 16.6. The average molecular weight is 848 g/mol. The van der Waals surface area contributed by atoms with Crippen molar-refractivity contribution in [2.75, 3.05) is 83.9 Å². The topological polar surface area (TPSA) is 199 Å². The summed E-state index contributed by atoms with van der Waals surface area (Å²) in [5, 5.41) is 2.88. The van der Waals surface area contributed by atoms with E-state index in [1.54, 1.807) is 0 Å². The molecule has 1 amide bonds. The third kappa shape index (κ3) is 23.4. The summed E-state index contributed by atoms with van der Waals surface area (Å²) >= 11 is 0. The van der Waals surface area contributed by atoms with Gasteiger partial charge in [0.05, 0.1) is 32.2 Å². The van der Waals surface area contributed by atoms with Gasteiger partial charge in [0.15, 0.2) is 0 Å². The maximum atomic E-state index is 13.6. The predicted molar refractivity (Wildman–Crippen MR) is 233 cm³/mol. The Labute approximate surface area is 359 Å². The first-order chi connectivity index (χ1) is 27.6. The molecule has 342 valence electrons. The minimum absolute atomic E-state index is 0.00365. The van der Waals surface area contributed by atoms with Crippen molar-refractivity contribution in [3.63, 3.8) is 0 Å². The molecule has 1 aliphatic rings. The van der Waals surface area contributed by atoms with Crippen molar-refractivity contribution in [1.29, 1.82) is 0 Å². The fourth-order valence-corrected chi connectivity index (χ4v) is 6.52. The van der Waals surface area contributed by atoms with E-state index >= 15 is 0 Å². The lowest BCUT2D eigenvalue weighted by atomic mass is 10.0. The zero-order valence-electron chi connectivity index (χ0n) is 38.7. The van der Waals surface area contributed by atoms with Crippen molar-refractivity contribution in [2.45, 2.75) is 137 Å². The number of esters is 4. The number of carbonyl (C=O) groups excluding carboxylic acids is 5. The van der Waals surface area contributed by atoms with Crippen LogP contribution < -0.4 is 16.8 Å². The van der Waals surface area contributed by atoms with Gasteiger partial charge in [0.2, 0.25) is 5.91 Å². The molecular formula is C44H77N7O9. The summed E-state index contributed by atoms with van der Waals surface area (Å²) in [4.78, 5) is 74.2. The lowest BCUT2D eigenvalue weighted by molar-refractivity contribution is -0.160. The number of nitrogens with one attached hydrogen (secondary N) is 1. The van der Waals surface area contributed by atoms with Crippen molar-refractivity contribution in [2.24, 2.45) is 11.5 Å². The standard InChI is InChI=1S/C44H77N7O9/c1-41(2,3)57-36(52)28-48-20-21-49(29-37(53)58-42(4,5)6)24-25-51(31-39(55)60-44(10,11)12)34(27-50(23-22-48)30-38(54)59-43(7,8)9)26-32-15-17-33(18-16-32)47-40(56)35(46)14-13-19-45/h15-18,34-35H,13-14,19-31,45-46H2,1-12H3,(H,47,56)/t34?,35-/m0/s1. The molecule has 16 nitrogen and oxygen atoms in total. The van der Waals surface area contributed by atoms with Gasteiger partial charge in [0.25, 0.3) is 0 Å². The van der Waals surface area contributed by atoms with Crippen LogP contribution in [0, 0.1) is 0 Å². The number of rotatable bonds is 15. The number of anilines is 1. The molecular weight excluding hydrogens is 771 g/mol. The summed E-state index contributed by atoms with van der Waals surface area (Å²) in [6.45, 7) is 24.8. The predicted octanol–water partition coefficient (Wildman–Crippen LogP) is 3.19. The molecule has 2 rings (SSSR count). The zero-order valence-corrected chi connectivity index (χ0v) is 38.7. The van der Waals surface area contributed by atoms with Crippen molar-refractivity contribution < 1.29 is 42.9 Å². The molecule has 2 atom stereocenters. The molecule has 1 unspecified atom stereocenters. The van der Waals surface area contributed by atoms with Crippen LogP contribution in [0.2, 0.25) is 0 Å². The van der Waals surface area contributed by atoms with Crippen LogP contribution in [0.3, 0.4) is 0 Å². The Balaban J connectivity index is 2.63. The van der Waals surface area contributed by atoms with Gasteiger partial charge in [-0.1, -0.05) is 12.1 Å². The molecule has 16 heteroatoms.